The first-order chi connectivity index (χ1) is 11.2. The first-order valence-electron chi connectivity index (χ1n) is 6.84. The van der Waals surface area contributed by atoms with Crippen molar-refractivity contribution >= 4 is 17.3 Å². The number of aromatic nitrogens is 2. The molecule has 3 heterocycles. The maximum atomic E-state index is 11.7. The van der Waals surface area contributed by atoms with Crippen LogP contribution in [0, 0.1) is 6.92 Å². The number of hydrogen-bond donors (Lipinski definition) is 0. The monoisotopic (exact) mass is 330 g/mol. The standard InChI is InChI=1S/C16H14N2O4S/c1-10-12(18-15(22-10)11-5-7-23-9-11)8-21-13-4-3-6-17-14(13)16(19)20-2/h3-7,9H,8H2,1-2H3. The zero-order valence-corrected chi connectivity index (χ0v) is 13.4. The van der Waals surface area contributed by atoms with E-state index >= 15 is 0 Å². The minimum atomic E-state index is -0.545. The van der Waals surface area contributed by atoms with Crippen LogP contribution in [0.4, 0.5) is 0 Å². The van der Waals surface area contributed by atoms with Gasteiger partial charge in [0.15, 0.2) is 11.4 Å². The van der Waals surface area contributed by atoms with E-state index in [2.05, 4.69) is 9.97 Å². The predicted molar refractivity (Wildman–Crippen MR) is 84.5 cm³/mol. The molecule has 0 aliphatic carbocycles. The number of nitrogens with zero attached hydrogens (tertiary/aromatic N) is 2. The lowest BCUT2D eigenvalue weighted by Crippen LogP contribution is -2.08. The second-order valence-electron chi connectivity index (χ2n) is 4.66. The van der Waals surface area contributed by atoms with Crippen molar-refractivity contribution in [1.29, 1.82) is 0 Å². The lowest BCUT2D eigenvalue weighted by molar-refractivity contribution is 0.0588. The second-order valence-corrected chi connectivity index (χ2v) is 5.44. The number of rotatable bonds is 5. The van der Waals surface area contributed by atoms with E-state index < -0.39 is 5.97 Å². The van der Waals surface area contributed by atoms with Crippen LogP contribution in [-0.2, 0) is 11.3 Å². The van der Waals surface area contributed by atoms with Gasteiger partial charge in [-0.15, -0.1) is 0 Å². The Morgan fingerprint density at radius 2 is 2.26 bits per heavy atom. The van der Waals surface area contributed by atoms with Crippen LogP contribution in [0.3, 0.4) is 0 Å². The molecule has 0 spiro atoms. The molecule has 0 unspecified atom stereocenters. The highest BCUT2D eigenvalue weighted by Gasteiger charge is 2.16. The third-order valence-electron chi connectivity index (χ3n) is 3.17. The SMILES string of the molecule is COC(=O)c1ncccc1OCc1nc(-c2ccsc2)oc1C. The number of hydrogen-bond acceptors (Lipinski definition) is 7. The zero-order valence-electron chi connectivity index (χ0n) is 12.6. The van der Waals surface area contributed by atoms with Crippen LogP contribution in [0.5, 0.6) is 5.75 Å². The number of esters is 1. The van der Waals surface area contributed by atoms with Crippen LogP contribution < -0.4 is 4.74 Å². The number of thiophene rings is 1. The summed E-state index contributed by atoms with van der Waals surface area (Å²) in [7, 11) is 1.30. The van der Waals surface area contributed by atoms with Gasteiger partial charge in [-0.1, -0.05) is 0 Å². The Morgan fingerprint density at radius 1 is 1.39 bits per heavy atom. The van der Waals surface area contributed by atoms with E-state index in [0.717, 1.165) is 5.56 Å². The normalized spacial score (nSPS) is 10.5. The molecular weight excluding hydrogens is 316 g/mol. The van der Waals surface area contributed by atoms with Crippen LogP contribution in [-0.4, -0.2) is 23.0 Å². The molecule has 0 saturated heterocycles. The summed E-state index contributed by atoms with van der Waals surface area (Å²) in [6.45, 7) is 2.00. The van der Waals surface area contributed by atoms with E-state index in [4.69, 9.17) is 13.9 Å². The minimum Gasteiger partial charge on any atom is -0.485 e. The maximum absolute atomic E-state index is 11.7. The van der Waals surface area contributed by atoms with Crippen molar-refractivity contribution in [3.8, 4) is 17.2 Å². The molecule has 3 rings (SSSR count). The topological polar surface area (TPSA) is 74.5 Å². The molecule has 0 aliphatic rings. The van der Waals surface area contributed by atoms with Gasteiger partial charge in [-0.25, -0.2) is 14.8 Å². The fourth-order valence-corrected chi connectivity index (χ4v) is 2.60. The van der Waals surface area contributed by atoms with Gasteiger partial charge in [0.25, 0.3) is 0 Å². The van der Waals surface area contributed by atoms with Gasteiger partial charge >= 0.3 is 5.97 Å². The number of oxazole rings is 1. The Kier molecular flexibility index (Phi) is 4.38. The molecule has 7 heteroatoms. The average Bonchev–Trinajstić information content (AvgIpc) is 3.22. The smallest absolute Gasteiger partial charge is 0.360 e. The Bertz CT molecular complexity index is 811. The highest BCUT2D eigenvalue weighted by atomic mass is 32.1. The highest BCUT2D eigenvalue weighted by molar-refractivity contribution is 7.08. The van der Waals surface area contributed by atoms with E-state index in [1.807, 2.05) is 23.8 Å². The van der Waals surface area contributed by atoms with Gasteiger partial charge in [0.05, 0.1) is 7.11 Å². The van der Waals surface area contributed by atoms with Crippen LogP contribution >= 0.6 is 11.3 Å². The van der Waals surface area contributed by atoms with Gasteiger partial charge in [-0.05, 0) is 30.5 Å². The number of carbonyl (C=O) groups is 1. The van der Waals surface area contributed by atoms with Crippen LogP contribution in [0.2, 0.25) is 0 Å². The molecule has 0 fully saturated rings. The molecule has 0 N–H and O–H groups in total. The number of aryl methyl sites for hydroxylation is 1. The summed E-state index contributed by atoms with van der Waals surface area (Å²) >= 11 is 1.58. The molecule has 0 bridgehead atoms. The molecule has 3 aromatic rings. The molecule has 23 heavy (non-hydrogen) atoms. The Morgan fingerprint density at radius 3 is 3.00 bits per heavy atom. The largest absolute Gasteiger partial charge is 0.485 e. The highest BCUT2D eigenvalue weighted by Crippen LogP contribution is 2.25. The quantitative estimate of drug-likeness (QED) is 0.667. The molecule has 3 aromatic heterocycles. The Hall–Kier alpha value is -2.67. The lowest BCUT2D eigenvalue weighted by Gasteiger charge is -2.07. The van der Waals surface area contributed by atoms with Crippen molar-refractivity contribution in [2.24, 2.45) is 0 Å². The van der Waals surface area contributed by atoms with Crippen molar-refractivity contribution < 1.29 is 18.7 Å². The number of ether oxygens (including phenoxy) is 2. The van der Waals surface area contributed by atoms with Gasteiger partial charge in [-0.2, -0.15) is 11.3 Å². The van der Waals surface area contributed by atoms with Crippen molar-refractivity contribution in [3.05, 3.63) is 52.3 Å². The summed E-state index contributed by atoms with van der Waals surface area (Å²) in [5.41, 5.74) is 1.74. The molecule has 0 atom stereocenters. The van der Waals surface area contributed by atoms with Gasteiger partial charge in [-0.3, -0.25) is 0 Å². The van der Waals surface area contributed by atoms with Crippen LogP contribution in [0.25, 0.3) is 11.5 Å². The molecule has 0 aromatic carbocycles. The molecule has 0 aliphatic heterocycles. The number of pyridine rings is 1. The van der Waals surface area contributed by atoms with Gasteiger partial charge < -0.3 is 13.9 Å². The molecule has 0 saturated carbocycles. The molecule has 0 radical (unpaired) electrons. The average molecular weight is 330 g/mol. The predicted octanol–water partition coefficient (Wildman–Crippen LogP) is 3.47. The third-order valence-corrected chi connectivity index (χ3v) is 3.86. The summed E-state index contributed by atoms with van der Waals surface area (Å²) in [6.07, 6.45) is 1.51. The minimum absolute atomic E-state index is 0.134. The summed E-state index contributed by atoms with van der Waals surface area (Å²) in [5, 5.41) is 3.93. The first kappa shape index (κ1) is 15.2. The number of methoxy groups -OCH3 is 1. The molecule has 118 valence electrons. The number of carbonyl (C=O) groups excluding carboxylic acids is 1. The Balaban J connectivity index is 1.78. The fraction of sp³-hybridized carbons (Fsp3) is 0.188. The third kappa shape index (κ3) is 3.24. The second kappa shape index (κ2) is 6.62. The zero-order chi connectivity index (χ0) is 16.2. The van der Waals surface area contributed by atoms with Crippen molar-refractivity contribution in [2.75, 3.05) is 7.11 Å². The van der Waals surface area contributed by atoms with E-state index in [-0.39, 0.29) is 12.3 Å². The van der Waals surface area contributed by atoms with E-state index in [1.54, 1.807) is 23.5 Å². The van der Waals surface area contributed by atoms with Gasteiger partial charge in [0.2, 0.25) is 5.89 Å². The lowest BCUT2D eigenvalue weighted by atomic mass is 10.3. The van der Waals surface area contributed by atoms with Gasteiger partial charge in [0.1, 0.15) is 18.1 Å². The van der Waals surface area contributed by atoms with Crippen molar-refractivity contribution in [3.63, 3.8) is 0 Å². The van der Waals surface area contributed by atoms with Gasteiger partial charge in [0, 0.05) is 17.1 Å². The molecular formula is C16H14N2O4S. The van der Waals surface area contributed by atoms with E-state index in [9.17, 15) is 4.79 Å². The molecule has 0 amide bonds. The molecule has 6 nitrogen and oxygen atoms in total. The first-order valence-corrected chi connectivity index (χ1v) is 7.78. The van der Waals surface area contributed by atoms with E-state index in [1.165, 1.54) is 13.3 Å². The van der Waals surface area contributed by atoms with Crippen LogP contribution in [0.1, 0.15) is 21.9 Å². The van der Waals surface area contributed by atoms with Crippen LogP contribution in [0.15, 0.2) is 39.6 Å². The fourth-order valence-electron chi connectivity index (χ4n) is 1.97. The summed E-state index contributed by atoms with van der Waals surface area (Å²) in [4.78, 5) is 20.1. The summed E-state index contributed by atoms with van der Waals surface area (Å²) in [5.74, 6) is 1.03. The Labute approximate surface area is 136 Å². The van der Waals surface area contributed by atoms with Crippen molar-refractivity contribution in [2.45, 2.75) is 13.5 Å². The maximum Gasteiger partial charge on any atom is 0.360 e. The van der Waals surface area contributed by atoms with Crippen molar-refractivity contribution in [1.82, 2.24) is 9.97 Å². The van der Waals surface area contributed by atoms with E-state index in [0.29, 0.717) is 23.1 Å². The summed E-state index contributed by atoms with van der Waals surface area (Å²) in [6, 6.07) is 5.29. The summed E-state index contributed by atoms with van der Waals surface area (Å²) < 4.78 is 16.0.